The Morgan fingerprint density at radius 3 is 2.29 bits per heavy atom. The molecular weight excluding hydrogens is 362 g/mol. The van der Waals surface area contributed by atoms with Gasteiger partial charge in [0.25, 0.3) is 6.47 Å². The fourth-order valence-electron chi connectivity index (χ4n) is 2.29. The van der Waals surface area contributed by atoms with Crippen LogP contribution in [0.1, 0.15) is 39.2 Å². The van der Waals surface area contributed by atoms with Crippen LogP contribution in [0, 0.1) is 0 Å². The van der Waals surface area contributed by atoms with Gasteiger partial charge in [0, 0.05) is 25.5 Å². The highest BCUT2D eigenvalue weighted by atomic mass is 16.5. The van der Waals surface area contributed by atoms with Gasteiger partial charge >= 0.3 is 5.97 Å². The number of benzene rings is 1. The Kier molecular flexibility index (Phi) is 12.5. The van der Waals surface area contributed by atoms with Crippen LogP contribution in [0.2, 0.25) is 0 Å². The molecular formula is C21H29NO6. The summed E-state index contributed by atoms with van der Waals surface area (Å²) in [6.45, 7) is 10.5. The summed E-state index contributed by atoms with van der Waals surface area (Å²) in [7, 11) is 0. The molecule has 0 aromatic heterocycles. The number of carbonyl (C=O) groups excluding carboxylic acids is 1. The largest absolute Gasteiger partial charge is 0.489 e. The van der Waals surface area contributed by atoms with Gasteiger partial charge in [-0.25, -0.2) is 4.79 Å². The van der Waals surface area contributed by atoms with Gasteiger partial charge in [0.15, 0.2) is 0 Å². The average Bonchev–Trinajstić information content (AvgIpc) is 3.09. The first-order valence-corrected chi connectivity index (χ1v) is 8.88. The second kappa shape index (κ2) is 14.0. The van der Waals surface area contributed by atoms with E-state index in [1.54, 1.807) is 12.1 Å². The van der Waals surface area contributed by atoms with Crippen LogP contribution in [-0.4, -0.2) is 52.7 Å². The molecule has 0 aliphatic carbocycles. The van der Waals surface area contributed by atoms with Crippen LogP contribution in [0.25, 0.3) is 6.08 Å². The highest BCUT2D eigenvalue weighted by Crippen LogP contribution is 2.20. The number of amides is 1. The number of hydrogen-bond donors (Lipinski definition) is 2. The van der Waals surface area contributed by atoms with Gasteiger partial charge in [-0.15, -0.1) is 6.58 Å². The van der Waals surface area contributed by atoms with E-state index in [1.165, 1.54) is 11.6 Å². The van der Waals surface area contributed by atoms with E-state index in [-0.39, 0.29) is 18.5 Å². The summed E-state index contributed by atoms with van der Waals surface area (Å²) < 4.78 is 5.85. The molecule has 0 spiro atoms. The molecule has 2 rings (SSSR count). The zero-order chi connectivity index (χ0) is 21.5. The van der Waals surface area contributed by atoms with Crippen molar-refractivity contribution in [3.63, 3.8) is 0 Å². The molecule has 154 valence electrons. The standard InChI is InChI=1S/C16H19NO4.C4H8.CH2O2/c1-2-15(18)17-10-9-14(11-17)21-13-6-3-12(4-7-13)5-8-16(19)20;1-4(2)3;2-1-3/h3-8,14H,2,9-11H2,1H3,(H,19,20);1H2,2-3H3;1H,(H,2,3)/b8-5+;;. The van der Waals surface area contributed by atoms with E-state index in [9.17, 15) is 9.59 Å². The van der Waals surface area contributed by atoms with Gasteiger partial charge in [-0.3, -0.25) is 9.59 Å². The van der Waals surface area contributed by atoms with Gasteiger partial charge in [0.1, 0.15) is 11.9 Å². The van der Waals surface area contributed by atoms with E-state index in [1.807, 2.05) is 37.8 Å². The summed E-state index contributed by atoms with van der Waals surface area (Å²) in [6.07, 6.45) is 4.02. The highest BCUT2D eigenvalue weighted by Gasteiger charge is 2.26. The molecule has 1 heterocycles. The third-order valence-electron chi connectivity index (χ3n) is 3.40. The number of nitrogens with zero attached hydrogens (tertiary/aromatic N) is 1. The molecule has 7 heteroatoms. The second-order valence-electron chi connectivity index (χ2n) is 6.27. The van der Waals surface area contributed by atoms with Crippen molar-refractivity contribution in [2.45, 2.75) is 39.7 Å². The number of ether oxygens (including phenoxy) is 1. The molecule has 1 aliphatic heterocycles. The molecule has 7 nitrogen and oxygen atoms in total. The molecule has 0 saturated carbocycles. The van der Waals surface area contributed by atoms with Crippen molar-refractivity contribution >= 4 is 24.4 Å². The molecule has 1 atom stereocenters. The molecule has 0 bridgehead atoms. The van der Waals surface area contributed by atoms with Crippen molar-refractivity contribution in [1.29, 1.82) is 0 Å². The molecule has 1 unspecified atom stereocenters. The molecule has 1 aromatic carbocycles. The Bertz CT molecular complexity index is 662. The molecule has 2 N–H and O–H groups in total. The summed E-state index contributed by atoms with van der Waals surface area (Å²) in [5.74, 6) is -0.0736. The lowest BCUT2D eigenvalue weighted by molar-refractivity contribution is -0.131. The van der Waals surface area contributed by atoms with Gasteiger partial charge in [-0.05, 0) is 37.6 Å². The third-order valence-corrected chi connectivity index (χ3v) is 3.40. The van der Waals surface area contributed by atoms with Crippen molar-refractivity contribution < 1.29 is 29.3 Å². The second-order valence-corrected chi connectivity index (χ2v) is 6.27. The molecule has 1 fully saturated rings. The minimum atomic E-state index is -0.970. The lowest BCUT2D eigenvalue weighted by Crippen LogP contribution is -2.30. The lowest BCUT2D eigenvalue weighted by Gasteiger charge is -2.16. The minimum Gasteiger partial charge on any atom is -0.489 e. The molecule has 1 aromatic rings. The van der Waals surface area contributed by atoms with E-state index in [0.29, 0.717) is 13.0 Å². The highest BCUT2D eigenvalue weighted by molar-refractivity contribution is 5.85. The topological polar surface area (TPSA) is 104 Å². The summed E-state index contributed by atoms with van der Waals surface area (Å²) >= 11 is 0. The van der Waals surface area contributed by atoms with Crippen molar-refractivity contribution in [2.24, 2.45) is 0 Å². The average molecular weight is 391 g/mol. The summed E-state index contributed by atoms with van der Waals surface area (Å²) in [4.78, 5) is 32.2. The molecule has 1 aliphatic rings. The quantitative estimate of drug-likeness (QED) is 0.452. The Balaban J connectivity index is 0.000000904. The number of rotatable bonds is 5. The number of hydrogen-bond acceptors (Lipinski definition) is 4. The van der Waals surface area contributed by atoms with Crippen LogP contribution in [0.15, 0.2) is 42.5 Å². The maximum absolute atomic E-state index is 11.6. The van der Waals surface area contributed by atoms with Gasteiger partial charge in [-0.1, -0.05) is 24.6 Å². The van der Waals surface area contributed by atoms with E-state index in [4.69, 9.17) is 19.7 Å². The number of allylic oxidation sites excluding steroid dienone is 1. The van der Waals surface area contributed by atoms with Crippen molar-refractivity contribution in [3.05, 3.63) is 48.1 Å². The zero-order valence-corrected chi connectivity index (χ0v) is 16.6. The Labute approximate surface area is 165 Å². The monoisotopic (exact) mass is 391 g/mol. The number of carbonyl (C=O) groups is 3. The number of carboxylic acid groups (broad SMARTS) is 2. The number of carboxylic acids is 1. The van der Waals surface area contributed by atoms with Crippen LogP contribution in [0.3, 0.4) is 0 Å². The van der Waals surface area contributed by atoms with Crippen LogP contribution in [0.4, 0.5) is 0 Å². The van der Waals surface area contributed by atoms with Gasteiger partial charge in [-0.2, -0.15) is 0 Å². The van der Waals surface area contributed by atoms with E-state index in [2.05, 4.69) is 6.58 Å². The number of aliphatic carboxylic acids is 1. The van der Waals surface area contributed by atoms with Crippen molar-refractivity contribution in [1.82, 2.24) is 4.90 Å². The lowest BCUT2D eigenvalue weighted by atomic mass is 10.2. The fourth-order valence-corrected chi connectivity index (χ4v) is 2.29. The summed E-state index contributed by atoms with van der Waals surface area (Å²) in [5, 5.41) is 15.5. The molecule has 0 radical (unpaired) electrons. The zero-order valence-electron chi connectivity index (χ0n) is 16.6. The maximum Gasteiger partial charge on any atom is 0.328 e. The molecule has 1 saturated heterocycles. The van der Waals surface area contributed by atoms with E-state index in [0.717, 1.165) is 30.4 Å². The predicted molar refractivity (Wildman–Crippen MR) is 108 cm³/mol. The third kappa shape index (κ3) is 11.5. The molecule has 28 heavy (non-hydrogen) atoms. The first-order chi connectivity index (χ1) is 13.2. The van der Waals surface area contributed by atoms with Crippen LogP contribution in [0.5, 0.6) is 5.75 Å². The Hall–Kier alpha value is -3.09. The van der Waals surface area contributed by atoms with Gasteiger partial charge < -0.3 is 19.8 Å². The summed E-state index contributed by atoms with van der Waals surface area (Å²) in [6, 6.07) is 7.23. The van der Waals surface area contributed by atoms with Crippen molar-refractivity contribution in [3.8, 4) is 5.75 Å². The van der Waals surface area contributed by atoms with Crippen LogP contribution in [-0.2, 0) is 14.4 Å². The number of likely N-dealkylation sites (tertiary alicyclic amines) is 1. The minimum absolute atomic E-state index is 0.0286. The Morgan fingerprint density at radius 2 is 1.82 bits per heavy atom. The predicted octanol–water partition coefficient (Wildman–Crippen LogP) is 3.46. The smallest absolute Gasteiger partial charge is 0.328 e. The first kappa shape index (κ1) is 24.9. The van der Waals surface area contributed by atoms with E-state index < -0.39 is 5.97 Å². The normalized spacial score (nSPS) is 15.0. The maximum atomic E-state index is 11.6. The van der Waals surface area contributed by atoms with Crippen molar-refractivity contribution in [2.75, 3.05) is 13.1 Å². The SMILES string of the molecule is C=C(C)C.CCC(=O)N1CCC(Oc2ccc(/C=C/C(=O)O)cc2)C1.O=CO. The van der Waals surface area contributed by atoms with Gasteiger partial charge in [0.05, 0.1) is 6.54 Å². The van der Waals surface area contributed by atoms with Crippen LogP contribution >= 0.6 is 0 Å². The molecule has 1 amide bonds. The van der Waals surface area contributed by atoms with Gasteiger partial charge in [0.2, 0.25) is 5.91 Å². The summed E-state index contributed by atoms with van der Waals surface area (Å²) in [5.41, 5.74) is 1.97. The Morgan fingerprint density at radius 1 is 1.29 bits per heavy atom. The van der Waals surface area contributed by atoms with E-state index >= 15 is 0 Å². The fraction of sp³-hybridized carbons (Fsp3) is 0.381. The first-order valence-electron chi connectivity index (χ1n) is 8.88. The van der Waals surface area contributed by atoms with Crippen LogP contribution < -0.4 is 4.74 Å².